The molecule has 1 rings (SSSR count). The molecule has 70 valence electrons. The van der Waals surface area contributed by atoms with Gasteiger partial charge in [0.2, 0.25) is 11.8 Å². The molecule has 0 aromatic carbocycles. The van der Waals surface area contributed by atoms with Gasteiger partial charge in [-0.05, 0) is 0 Å². The minimum Gasteiger partial charge on any atom is -0.368 e. The van der Waals surface area contributed by atoms with Crippen LogP contribution in [0.5, 0.6) is 0 Å². The molecule has 0 aliphatic carbocycles. The van der Waals surface area contributed by atoms with Crippen LogP contribution in [0.25, 0.3) is 0 Å². The molecule has 2 amide bonds. The van der Waals surface area contributed by atoms with Crippen LogP contribution in [0.15, 0.2) is 10.9 Å². The van der Waals surface area contributed by atoms with Crippen molar-refractivity contribution in [2.24, 2.45) is 5.73 Å². The number of hydrogen-bond acceptors (Lipinski definition) is 4. The second-order valence-corrected chi connectivity index (χ2v) is 3.12. The van der Waals surface area contributed by atoms with Gasteiger partial charge in [0.25, 0.3) is 0 Å². The van der Waals surface area contributed by atoms with Crippen LogP contribution in [-0.4, -0.2) is 23.3 Å². The van der Waals surface area contributed by atoms with E-state index < -0.39 is 5.91 Å². The number of carbonyl (C=O) groups is 2. The van der Waals surface area contributed by atoms with E-state index >= 15 is 0 Å². The Bertz CT molecular complexity index is 297. The summed E-state index contributed by atoms with van der Waals surface area (Å²) in [6.45, 7) is -0.122. The highest BCUT2D eigenvalue weighted by molar-refractivity contribution is 7.07. The Morgan fingerprint density at radius 3 is 2.92 bits per heavy atom. The number of amides is 2. The number of hydrogen-bond donors (Lipinski definition) is 2. The molecule has 13 heavy (non-hydrogen) atoms. The van der Waals surface area contributed by atoms with Crippen molar-refractivity contribution in [3.05, 3.63) is 16.6 Å². The zero-order valence-corrected chi connectivity index (χ0v) is 7.63. The lowest BCUT2D eigenvalue weighted by Crippen LogP contribution is -2.34. The number of nitrogens with one attached hydrogen (secondary N) is 1. The molecule has 0 radical (unpaired) electrons. The third kappa shape index (κ3) is 3.66. The molecule has 0 aliphatic heterocycles. The van der Waals surface area contributed by atoms with E-state index in [1.165, 1.54) is 11.3 Å². The molecule has 3 N–H and O–H groups in total. The van der Waals surface area contributed by atoms with Crippen molar-refractivity contribution in [3.63, 3.8) is 0 Å². The molecular formula is C7H9N3O2S. The average Bonchev–Trinajstić information content (AvgIpc) is 2.53. The smallest absolute Gasteiger partial charge is 0.236 e. The van der Waals surface area contributed by atoms with E-state index in [-0.39, 0.29) is 18.9 Å². The molecular weight excluding hydrogens is 190 g/mol. The van der Waals surface area contributed by atoms with Gasteiger partial charge in [-0.15, -0.1) is 11.3 Å². The monoisotopic (exact) mass is 199 g/mol. The van der Waals surface area contributed by atoms with Crippen LogP contribution < -0.4 is 11.1 Å². The number of rotatable bonds is 4. The van der Waals surface area contributed by atoms with Crippen LogP contribution >= 0.6 is 11.3 Å². The van der Waals surface area contributed by atoms with E-state index in [2.05, 4.69) is 10.3 Å². The first kappa shape index (κ1) is 9.66. The number of aromatic nitrogens is 1. The number of nitrogens with zero attached hydrogens (tertiary/aromatic N) is 1. The SMILES string of the molecule is NC(=O)CNC(=O)Cc1cscn1. The molecule has 0 bridgehead atoms. The van der Waals surface area contributed by atoms with E-state index in [0.717, 1.165) is 0 Å². The van der Waals surface area contributed by atoms with Crippen LogP contribution in [0, 0.1) is 0 Å². The van der Waals surface area contributed by atoms with Crippen LogP contribution in [0.2, 0.25) is 0 Å². The molecule has 0 aliphatic rings. The topological polar surface area (TPSA) is 85.1 Å². The van der Waals surface area contributed by atoms with E-state index in [1.54, 1.807) is 10.9 Å². The number of carbonyl (C=O) groups excluding carboxylic acids is 2. The van der Waals surface area contributed by atoms with Crippen molar-refractivity contribution in [2.45, 2.75) is 6.42 Å². The Balaban J connectivity index is 2.30. The number of primary amides is 1. The number of nitrogens with two attached hydrogens (primary N) is 1. The predicted molar refractivity (Wildman–Crippen MR) is 48.0 cm³/mol. The fraction of sp³-hybridized carbons (Fsp3) is 0.286. The summed E-state index contributed by atoms with van der Waals surface area (Å²) in [6, 6.07) is 0. The molecule has 0 saturated heterocycles. The normalized spacial score (nSPS) is 9.54. The summed E-state index contributed by atoms with van der Waals surface area (Å²) >= 11 is 1.42. The standard InChI is InChI=1S/C7H9N3O2S/c8-6(11)2-9-7(12)1-5-3-13-4-10-5/h3-4H,1-2H2,(H2,8,11)(H,9,12). The maximum atomic E-state index is 11.1. The first-order valence-corrected chi connectivity index (χ1v) is 4.55. The molecule has 0 fully saturated rings. The number of thiazole rings is 1. The first-order chi connectivity index (χ1) is 6.18. The van der Waals surface area contributed by atoms with Crippen molar-refractivity contribution in [3.8, 4) is 0 Å². The first-order valence-electron chi connectivity index (χ1n) is 3.60. The molecule has 0 saturated carbocycles. The summed E-state index contributed by atoms with van der Waals surface area (Å²) in [7, 11) is 0. The quantitative estimate of drug-likeness (QED) is 0.671. The largest absolute Gasteiger partial charge is 0.368 e. The predicted octanol–water partition coefficient (Wildman–Crippen LogP) is -0.713. The Labute approximate surface area is 79.0 Å². The van der Waals surface area contributed by atoms with Crippen molar-refractivity contribution in [1.29, 1.82) is 0 Å². The van der Waals surface area contributed by atoms with Gasteiger partial charge < -0.3 is 11.1 Å². The highest BCUT2D eigenvalue weighted by Crippen LogP contribution is 2.00. The van der Waals surface area contributed by atoms with E-state index in [4.69, 9.17) is 5.73 Å². The Morgan fingerprint density at radius 1 is 1.62 bits per heavy atom. The highest BCUT2D eigenvalue weighted by Gasteiger charge is 2.04. The average molecular weight is 199 g/mol. The third-order valence-corrected chi connectivity index (χ3v) is 1.92. The summed E-state index contributed by atoms with van der Waals surface area (Å²) in [5.41, 5.74) is 7.20. The van der Waals surface area contributed by atoms with Crippen molar-refractivity contribution >= 4 is 23.2 Å². The Hall–Kier alpha value is -1.43. The van der Waals surface area contributed by atoms with Crippen molar-refractivity contribution in [2.75, 3.05) is 6.54 Å². The summed E-state index contributed by atoms with van der Waals surface area (Å²) < 4.78 is 0. The summed E-state index contributed by atoms with van der Waals surface area (Å²) in [5, 5.41) is 4.15. The highest BCUT2D eigenvalue weighted by atomic mass is 32.1. The summed E-state index contributed by atoms with van der Waals surface area (Å²) in [4.78, 5) is 25.3. The van der Waals surface area contributed by atoms with E-state index in [0.29, 0.717) is 5.69 Å². The van der Waals surface area contributed by atoms with Crippen LogP contribution in [0.1, 0.15) is 5.69 Å². The van der Waals surface area contributed by atoms with Crippen LogP contribution in [-0.2, 0) is 16.0 Å². The minimum atomic E-state index is -0.549. The molecule has 0 unspecified atom stereocenters. The molecule has 5 nitrogen and oxygen atoms in total. The van der Waals surface area contributed by atoms with Gasteiger partial charge in [0.05, 0.1) is 24.2 Å². The third-order valence-electron chi connectivity index (χ3n) is 1.28. The zero-order chi connectivity index (χ0) is 9.68. The van der Waals surface area contributed by atoms with E-state index in [9.17, 15) is 9.59 Å². The van der Waals surface area contributed by atoms with Gasteiger partial charge in [-0.2, -0.15) is 0 Å². The van der Waals surface area contributed by atoms with Crippen molar-refractivity contribution < 1.29 is 9.59 Å². The summed E-state index contributed by atoms with van der Waals surface area (Å²) in [5.74, 6) is -0.795. The zero-order valence-electron chi connectivity index (χ0n) is 6.82. The minimum absolute atomic E-state index is 0.122. The summed E-state index contributed by atoms with van der Waals surface area (Å²) in [6.07, 6.45) is 0.191. The van der Waals surface area contributed by atoms with Gasteiger partial charge in [-0.1, -0.05) is 0 Å². The molecule has 1 aromatic heterocycles. The maximum absolute atomic E-state index is 11.1. The fourth-order valence-corrected chi connectivity index (χ4v) is 1.30. The van der Waals surface area contributed by atoms with Crippen LogP contribution in [0.4, 0.5) is 0 Å². The molecule has 0 atom stereocenters. The Morgan fingerprint density at radius 2 is 2.38 bits per heavy atom. The molecule has 1 heterocycles. The van der Waals surface area contributed by atoms with Gasteiger partial charge in [0, 0.05) is 5.38 Å². The van der Waals surface area contributed by atoms with Gasteiger partial charge in [0.1, 0.15) is 0 Å². The van der Waals surface area contributed by atoms with Gasteiger partial charge in [0.15, 0.2) is 0 Å². The lowest BCUT2D eigenvalue weighted by atomic mass is 10.3. The van der Waals surface area contributed by atoms with Crippen LogP contribution in [0.3, 0.4) is 0 Å². The van der Waals surface area contributed by atoms with Gasteiger partial charge in [-0.3, -0.25) is 9.59 Å². The molecule has 6 heteroatoms. The fourth-order valence-electron chi connectivity index (χ4n) is 0.738. The molecule has 0 spiro atoms. The lowest BCUT2D eigenvalue weighted by Gasteiger charge is -1.99. The van der Waals surface area contributed by atoms with Crippen molar-refractivity contribution in [1.82, 2.24) is 10.3 Å². The van der Waals surface area contributed by atoms with Gasteiger partial charge >= 0.3 is 0 Å². The second-order valence-electron chi connectivity index (χ2n) is 2.40. The van der Waals surface area contributed by atoms with Gasteiger partial charge in [-0.25, -0.2) is 4.98 Å². The maximum Gasteiger partial charge on any atom is 0.236 e. The second kappa shape index (κ2) is 4.56. The Kier molecular flexibility index (Phi) is 3.39. The molecule has 1 aromatic rings. The lowest BCUT2D eigenvalue weighted by molar-refractivity contribution is -0.124. The van der Waals surface area contributed by atoms with E-state index in [1.807, 2.05) is 0 Å².